The van der Waals surface area contributed by atoms with Crippen LogP contribution in [0.2, 0.25) is 0 Å². The summed E-state index contributed by atoms with van der Waals surface area (Å²) in [5, 5.41) is 3.48. The smallest absolute Gasteiger partial charge is 0.137 e. The van der Waals surface area contributed by atoms with Gasteiger partial charge in [0.25, 0.3) is 0 Å². The highest BCUT2D eigenvalue weighted by molar-refractivity contribution is 5.29. The zero-order valence-electron chi connectivity index (χ0n) is 12.7. The van der Waals surface area contributed by atoms with Crippen molar-refractivity contribution in [3.8, 4) is 5.75 Å². The van der Waals surface area contributed by atoms with Crippen LogP contribution in [0.4, 0.5) is 0 Å². The summed E-state index contributed by atoms with van der Waals surface area (Å²) in [7, 11) is 3.38. The first-order valence-corrected chi connectivity index (χ1v) is 7.10. The summed E-state index contributed by atoms with van der Waals surface area (Å²) in [6, 6.07) is 12.2. The topological polar surface area (TPSA) is 43.4 Å². The molecule has 0 amide bonds. The van der Waals surface area contributed by atoms with Crippen LogP contribution in [0.15, 0.2) is 48.8 Å². The van der Waals surface area contributed by atoms with E-state index in [1.165, 1.54) is 0 Å². The number of ether oxygens (including phenoxy) is 2. The summed E-state index contributed by atoms with van der Waals surface area (Å²) in [5.41, 5.74) is 2.18. The number of methoxy groups -OCH3 is 2. The van der Waals surface area contributed by atoms with Crippen molar-refractivity contribution in [2.75, 3.05) is 20.8 Å². The van der Waals surface area contributed by atoms with Crippen molar-refractivity contribution in [1.29, 1.82) is 0 Å². The van der Waals surface area contributed by atoms with Gasteiger partial charge in [0.1, 0.15) is 11.9 Å². The molecule has 1 aromatic carbocycles. The summed E-state index contributed by atoms with van der Waals surface area (Å²) in [6.45, 7) is 2.92. The van der Waals surface area contributed by atoms with E-state index in [0.717, 1.165) is 23.4 Å². The molecule has 0 aliphatic carbocycles. The fraction of sp³-hybridized carbons (Fsp3) is 0.353. The van der Waals surface area contributed by atoms with Crippen LogP contribution in [0.1, 0.15) is 30.2 Å². The predicted molar refractivity (Wildman–Crippen MR) is 83.4 cm³/mol. The third kappa shape index (κ3) is 3.80. The lowest BCUT2D eigenvalue weighted by Gasteiger charge is -2.27. The van der Waals surface area contributed by atoms with E-state index in [2.05, 4.69) is 29.4 Å². The Balaban J connectivity index is 2.36. The van der Waals surface area contributed by atoms with E-state index in [1.54, 1.807) is 20.4 Å². The zero-order chi connectivity index (χ0) is 15.1. The Bertz CT molecular complexity index is 545. The van der Waals surface area contributed by atoms with Crippen LogP contribution in [-0.2, 0) is 4.74 Å². The molecule has 2 unspecified atom stereocenters. The van der Waals surface area contributed by atoms with Gasteiger partial charge in [-0.1, -0.05) is 37.3 Å². The van der Waals surface area contributed by atoms with E-state index in [0.29, 0.717) is 0 Å². The van der Waals surface area contributed by atoms with Crippen molar-refractivity contribution in [3.63, 3.8) is 0 Å². The summed E-state index contributed by atoms with van der Waals surface area (Å²) >= 11 is 0. The molecule has 4 heteroatoms. The highest BCUT2D eigenvalue weighted by Crippen LogP contribution is 2.32. The third-order valence-corrected chi connectivity index (χ3v) is 3.44. The number of likely N-dealkylation sites (N-methyl/N-ethyl adjacent to an activating group) is 1. The average Bonchev–Trinajstić information content (AvgIpc) is 2.56. The number of hydrogen-bond acceptors (Lipinski definition) is 4. The average molecular weight is 286 g/mol. The molecule has 2 rings (SSSR count). The minimum Gasteiger partial charge on any atom is -0.495 e. The second-order valence-corrected chi connectivity index (χ2v) is 4.76. The lowest BCUT2D eigenvalue weighted by molar-refractivity contribution is 0.0679. The Morgan fingerprint density at radius 3 is 2.48 bits per heavy atom. The molecule has 21 heavy (non-hydrogen) atoms. The Morgan fingerprint density at radius 2 is 1.86 bits per heavy atom. The van der Waals surface area contributed by atoms with Gasteiger partial charge in [-0.2, -0.15) is 0 Å². The molecule has 1 N–H and O–H groups in total. The first-order valence-electron chi connectivity index (χ1n) is 7.10. The number of hydrogen-bond donors (Lipinski definition) is 1. The monoisotopic (exact) mass is 286 g/mol. The molecule has 2 atom stereocenters. The normalized spacial score (nSPS) is 13.7. The summed E-state index contributed by atoms with van der Waals surface area (Å²) in [4.78, 5) is 4.25. The molecule has 0 fully saturated rings. The summed E-state index contributed by atoms with van der Waals surface area (Å²) in [6.07, 6.45) is 3.47. The lowest BCUT2D eigenvalue weighted by Crippen LogP contribution is -2.28. The van der Waals surface area contributed by atoms with Crippen LogP contribution in [0, 0.1) is 0 Å². The Morgan fingerprint density at radius 1 is 1.10 bits per heavy atom. The maximum atomic E-state index is 5.75. The molecule has 0 bridgehead atoms. The number of benzene rings is 1. The van der Waals surface area contributed by atoms with Gasteiger partial charge >= 0.3 is 0 Å². The van der Waals surface area contributed by atoms with Gasteiger partial charge in [-0.05, 0) is 23.7 Å². The predicted octanol–water partition coefficient (Wildman–Crippen LogP) is 3.13. The highest BCUT2D eigenvalue weighted by atomic mass is 16.5. The van der Waals surface area contributed by atoms with Gasteiger partial charge < -0.3 is 14.8 Å². The van der Waals surface area contributed by atoms with Gasteiger partial charge in [0.05, 0.1) is 19.3 Å². The van der Waals surface area contributed by atoms with E-state index in [4.69, 9.17) is 9.47 Å². The number of aromatic nitrogens is 1. The van der Waals surface area contributed by atoms with Crippen molar-refractivity contribution in [2.45, 2.75) is 19.1 Å². The van der Waals surface area contributed by atoms with E-state index >= 15 is 0 Å². The molecular weight excluding hydrogens is 264 g/mol. The van der Waals surface area contributed by atoms with Crippen LogP contribution in [-0.4, -0.2) is 25.7 Å². The third-order valence-electron chi connectivity index (χ3n) is 3.44. The van der Waals surface area contributed by atoms with Crippen LogP contribution >= 0.6 is 0 Å². The van der Waals surface area contributed by atoms with Gasteiger partial charge in [0.15, 0.2) is 0 Å². The van der Waals surface area contributed by atoms with E-state index < -0.39 is 0 Å². The van der Waals surface area contributed by atoms with Crippen molar-refractivity contribution in [3.05, 3.63) is 59.9 Å². The molecule has 1 heterocycles. The van der Waals surface area contributed by atoms with E-state index in [9.17, 15) is 0 Å². The molecule has 0 saturated carbocycles. The van der Waals surface area contributed by atoms with Crippen molar-refractivity contribution >= 4 is 0 Å². The molecule has 2 aromatic rings. The van der Waals surface area contributed by atoms with E-state index in [-0.39, 0.29) is 12.1 Å². The Labute approximate surface area is 126 Å². The molecule has 0 saturated heterocycles. The SMILES string of the molecule is CCNC(c1cncc(OC)c1)C(OC)c1ccccc1. The second-order valence-electron chi connectivity index (χ2n) is 4.76. The quantitative estimate of drug-likeness (QED) is 0.849. The first-order chi connectivity index (χ1) is 10.3. The Kier molecular flexibility index (Phi) is 5.72. The van der Waals surface area contributed by atoms with Crippen molar-refractivity contribution in [2.24, 2.45) is 0 Å². The maximum Gasteiger partial charge on any atom is 0.137 e. The maximum absolute atomic E-state index is 5.75. The molecule has 0 aliphatic rings. The second kappa shape index (κ2) is 7.76. The fourth-order valence-corrected chi connectivity index (χ4v) is 2.44. The van der Waals surface area contributed by atoms with E-state index in [1.807, 2.05) is 30.5 Å². The minimum absolute atomic E-state index is 0.0185. The van der Waals surface area contributed by atoms with Crippen LogP contribution in [0.5, 0.6) is 5.75 Å². The number of pyridine rings is 1. The zero-order valence-corrected chi connectivity index (χ0v) is 12.7. The van der Waals surface area contributed by atoms with Gasteiger partial charge in [0, 0.05) is 13.3 Å². The van der Waals surface area contributed by atoms with Crippen LogP contribution in [0.25, 0.3) is 0 Å². The first kappa shape index (κ1) is 15.5. The molecule has 0 radical (unpaired) electrons. The van der Waals surface area contributed by atoms with Gasteiger partial charge in [-0.25, -0.2) is 0 Å². The highest BCUT2D eigenvalue weighted by Gasteiger charge is 2.24. The van der Waals surface area contributed by atoms with Gasteiger partial charge in [0.2, 0.25) is 0 Å². The standard InChI is InChI=1S/C17H22N2O2/c1-4-19-16(14-10-15(20-2)12-18-11-14)17(21-3)13-8-6-5-7-9-13/h5-12,16-17,19H,4H2,1-3H3. The molecular formula is C17H22N2O2. The van der Waals surface area contributed by atoms with Crippen molar-refractivity contribution in [1.82, 2.24) is 10.3 Å². The molecule has 0 aliphatic heterocycles. The fourth-order valence-electron chi connectivity index (χ4n) is 2.44. The number of rotatable bonds is 7. The Hall–Kier alpha value is -1.91. The lowest BCUT2D eigenvalue weighted by atomic mass is 9.96. The molecule has 1 aromatic heterocycles. The molecule has 4 nitrogen and oxygen atoms in total. The molecule has 112 valence electrons. The minimum atomic E-state index is -0.0833. The number of nitrogens with one attached hydrogen (secondary N) is 1. The van der Waals surface area contributed by atoms with Gasteiger partial charge in [-0.15, -0.1) is 0 Å². The molecule has 0 spiro atoms. The summed E-state index contributed by atoms with van der Waals surface area (Å²) < 4.78 is 11.0. The van der Waals surface area contributed by atoms with Crippen LogP contribution in [0.3, 0.4) is 0 Å². The van der Waals surface area contributed by atoms with Crippen LogP contribution < -0.4 is 10.1 Å². The van der Waals surface area contributed by atoms with Crippen molar-refractivity contribution < 1.29 is 9.47 Å². The largest absolute Gasteiger partial charge is 0.495 e. The summed E-state index contributed by atoms with van der Waals surface area (Å²) in [5.74, 6) is 0.748. The van der Waals surface area contributed by atoms with Gasteiger partial charge in [-0.3, -0.25) is 4.98 Å². The number of nitrogens with zero attached hydrogens (tertiary/aromatic N) is 1.